The van der Waals surface area contributed by atoms with Crippen LogP contribution in [0, 0.1) is 11.2 Å². The van der Waals surface area contributed by atoms with E-state index in [9.17, 15) is 4.39 Å². The van der Waals surface area contributed by atoms with E-state index in [-0.39, 0.29) is 11.7 Å². The average molecular weight is 264 g/mol. The maximum absolute atomic E-state index is 13.9. The van der Waals surface area contributed by atoms with Gasteiger partial charge in [0, 0.05) is 18.0 Å². The third kappa shape index (κ3) is 2.65. The minimum Gasteiger partial charge on any atom is -0.384 e. The van der Waals surface area contributed by atoms with Gasteiger partial charge < -0.3 is 10.6 Å². The number of thiazole rings is 1. The summed E-state index contributed by atoms with van der Waals surface area (Å²) in [5, 5.41) is 9.19. The third-order valence-electron chi connectivity index (χ3n) is 2.55. The van der Waals surface area contributed by atoms with Gasteiger partial charge in [0.25, 0.3) is 0 Å². The predicted molar refractivity (Wildman–Crippen MR) is 71.6 cm³/mol. The van der Waals surface area contributed by atoms with E-state index < -0.39 is 0 Å². The van der Waals surface area contributed by atoms with E-state index in [4.69, 9.17) is 11.1 Å². The first kappa shape index (κ1) is 12.5. The highest BCUT2D eigenvalue weighted by molar-refractivity contribution is 7.07. The number of nitrogens with zero attached hydrogens (tertiary/aromatic N) is 2. The lowest BCUT2D eigenvalue weighted by atomic mass is 10.1. The second-order valence-corrected chi connectivity index (χ2v) is 4.63. The van der Waals surface area contributed by atoms with E-state index in [1.54, 1.807) is 29.6 Å². The molecular weight excluding hydrogens is 251 g/mol. The summed E-state index contributed by atoms with van der Waals surface area (Å²) < 4.78 is 13.9. The maximum Gasteiger partial charge on any atom is 0.147 e. The molecule has 0 aliphatic carbocycles. The summed E-state index contributed by atoms with van der Waals surface area (Å²) >= 11 is 1.51. The minimum absolute atomic E-state index is 0.136. The zero-order valence-corrected chi connectivity index (χ0v) is 10.7. The van der Waals surface area contributed by atoms with Crippen LogP contribution in [0.4, 0.5) is 10.1 Å². The largest absolute Gasteiger partial charge is 0.384 e. The fourth-order valence-electron chi connectivity index (χ4n) is 1.63. The van der Waals surface area contributed by atoms with Crippen LogP contribution in [0.2, 0.25) is 0 Å². The van der Waals surface area contributed by atoms with Crippen LogP contribution in [0.25, 0.3) is 0 Å². The van der Waals surface area contributed by atoms with E-state index in [1.807, 2.05) is 5.38 Å². The number of aromatic nitrogens is 1. The van der Waals surface area contributed by atoms with Gasteiger partial charge in [-0.15, -0.1) is 11.3 Å². The SMILES string of the molecule is CN(Cc1cscn1)c1ccc(C(=N)N)cc1F. The van der Waals surface area contributed by atoms with Gasteiger partial charge in [-0.3, -0.25) is 5.41 Å². The van der Waals surface area contributed by atoms with E-state index in [0.29, 0.717) is 17.8 Å². The molecule has 0 saturated heterocycles. The highest BCUT2D eigenvalue weighted by atomic mass is 32.1. The van der Waals surface area contributed by atoms with Crippen LogP contribution >= 0.6 is 11.3 Å². The van der Waals surface area contributed by atoms with Crippen LogP contribution < -0.4 is 10.6 Å². The molecule has 2 rings (SSSR count). The molecule has 2 aromatic rings. The molecule has 0 spiro atoms. The lowest BCUT2D eigenvalue weighted by Gasteiger charge is -2.19. The molecule has 1 aromatic carbocycles. The van der Waals surface area contributed by atoms with Crippen molar-refractivity contribution in [1.82, 2.24) is 4.98 Å². The number of anilines is 1. The van der Waals surface area contributed by atoms with Crippen LogP contribution in [0.3, 0.4) is 0 Å². The number of benzene rings is 1. The van der Waals surface area contributed by atoms with Crippen LogP contribution in [0.1, 0.15) is 11.3 Å². The van der Waals surface area contributed by atoms with Crippen LogP contribution in [0.5, 0.6) is 0 Å². The molecule has 0 saturated carbocycles. The summed E-state index contributed by atoms with van der Waals surface area (Å²) in [5.41, 5.74) is 8.81. The molecule has 0 unspecified atom stereocenters. The van der Waals surface area contributed by atoms with Gasteiger partial charge >= 0.3 is 0 Å². The fraction of sp³-hybridized carbons (Fsp3) is 0.167. The molecule has 0 radical (unpaired) electrons. The molecule has 3 N–H and O–H groups in total. The van der Waals surface area contributed by atoms with Crippen molar-refractivity contribution in [1.29, 1.82) is 5.41 Å². The average Bonchev–Trinajstić information content (AvgIpc) is 2.81. The monoisotopic (exact) mass is 264 g/mol. The number of hydrogen-bond donors (Lipinski definition) is 2. The van der Waals surface area contributed by atoms with E-state index in [1.165, 1.54) is 17.4 Å². The summed E-state index contributed by atoms with van der Waals surface area (Å²) in [6.45, 7) is 0.542. The van der Waals surface area contributed by atoms with Crippen LogP contribution in [-0.2, 0) is 6.54 Å². The molecule has 0 aliphatic heterocycles. The molecule has 0 atom stereocenters. The molecular formula is C12H13FN4S. The summed E-state index contributed by atoms with van der Waals surface area (Å²) in [4.78, 5) is 5.93. The smallest absolute Gasteiger partial charge is 0.147 e. The van der Waals surface area contributed by atoms with Crippen LogP contribution in [-0.4, -0.2) is 17.9 Å². The molecule has 4 nitrogen and oxygen atoms in total. The van der Waals surface area contributed by atoms with Crippen molar-refractivity contribution in [2.75, 3.05) is 11.9 Å². The Balaban J connectivity index is 2.20. The zero-order chi connectivity index (χ0) is 13.1. The van der Waals surface area contributed by atoms with Crippen molar-refractivity contribution in [2.45, 2.75) is 6.54 Å². The van der Waals surface area contributed by atoms with E-state index in [2.05, 4.69) is 4.98 Å². The summed E-state index contributed by atoms with van der Waals surface area (Å²) in [6, 6.07) is 4.53. The standard InChI is InChI=1S/C12H13FN4S/c1-17(5-9-6-18-7-16-9)11-3-2-8(12(14)15)4-10(11)13/h2-4,6-7H,5H2,1H3,(H3,14,15). The van der Waals surface area contributed by atoms with Crippen molar-refractivity contribution < 1.29 is 4.39 Å². The van der Waals surface area contributed by atoms with E-state index >= 15 is 0 Å². The quantitative estimate of drug-likeness (QED) is 0.657. The summed E-state index contributed by atoms with van der Waals surface area (Å²) in [5.74, 6) is -0.525. The third-order valence-corrected chi connectivity index (χ3v) is 3.19. The second kappa shape index (κ2) is 5.14. The first-order valence-electron chi connectivity index (χ1n) is 5.30. The molecule has 0 aliphatic rings. The Labute approximate surface area is 108 Å². The van der Waals surface area contributed by atoms with Crippen molar-refractivity contribution in [3.63, 3.8) is 0 Å². The van der Waals surface area contributed by atoms with Gasteiger partial charge in [-0.1, -0.05) is 0 Å². The first-order valence-corrected chi connectivity index (χ1v) is 6.24. The number of nitrogens with two attached hydrogens (primary N) is 1. The Bertz CT molecular complexity index is 553. The van der Waals surface area contributed by atoms with Gasteiger partial charge in [0.2, 0.25) is 0 Å². The fourth-order valence-corrected chi connectivity index (χ4v) is 2.18. The number of nitrogen functional groups attached to an aromatic ring is 1. The molecule has 1 aromatic heterocycles. The lowest BCUT2D eigenvalue weighted by molar-refractivity contribution is 0.621. The molecule has 1 heterocycles. The van der Waals surface area contributed by atoms with Crippen LogP contribution in [0.15, 0.2) is 29.1 Å². The Morgan fingerprint density at radius 1 is 1.56 bits per heavy atom. The Morgan fingerprint density at radius 2 is 2.33 bits per heavy atom. The summed E-state index contributed by atoms with van der Waals surface area (Å²) in [7, 11) is 1.80. The molecule has 0 bridgehead atoms. The molecule has 0 fully saturated rings. The number of nitrogens with one attached hydrogen (secondary N) is 1. The van der Waals surface area contributed by atoms with Gasteiger partial charge in [0.1, 0.15) is 11.7 Å². The van der Waals surface area contributed by atoms with E-state index in [0.717, 1.165) is 5.69 Å². The second-order valence-electron chi connectivity index (χ2n) is 3.92. The first-order chi connectivity index (χ1) is 8.58. The van der Waals surface area contributed by atoms with Crippen molar-refractivity contribution >= 4 is 22.9 Å². The lowest BCUT2D eigenvalue weighted by Crippen LogP contribution is -2.19. The van der Waals surface area contributed by atoms with Crippen molar-refractivity contribution in [2.24, 2.45) is 5.73 Å². The normalized spacial score (nSPS) is 10.3. The number of amidine groups is 1. The van der Waals surface area contributed by atoms with Crippen molar-refractivity contribution in [3.8, 4) is 0 Å². The highest BCUT2D eigenvalue weighted by Gasteiger charge is 2.10. The van der Waals surface area contributed by atoms with Gasteiger partial charge in [-0.05, 0) is 18.2 Å². The molecule has 0 amide bonds. The Kier molecular flexibility index (Phi) is 3.57. The maximum atomic E-state index is 13.9. The Hall–Kier alpha value is -1.95. The molecule has 94 valence electrons. The van der Waals surface area contributed by atoms with Gasteiger partial charge in [-0.25, -0.2) is 9.37 Å². The topological polar surface area (TPSA) is 66.0 Å². The summed E-state index contributed by atoms with van der Waals surface area (Å²) in [6.07, 6.45) is 0. The Morgan fingerprint density at radius 3 is 2.89 bits per heavy atom. The molecule has 6 heteroatoms. The molecule has 18 heavy (non-hydrogen) atoms. The minimum atomic E-state index is -0.388. The number of halogens is 1. The highest BCUT2D eigenvalue weighted by Crippen LogP contribution is 2.21. The van der Waals surface area contributed by atoms with Crippen molar-refractivity contribution in [3.05, 3.63) is 46.2 Å². The predicted octanol–water partition coefficient (Wildman–Crippen LogP) is 2.20. The zero-order valence-electron chi connectivity index (χ0n) is 9.85. The van der Waals surface area contributed by atoms with Gasteiger partial charge in [0.15, 0.2) is 0 Å². The van der Waals surface area contributed by atoms with Gasteiger partial charge in [-0.2, -0.15) is 0 Å². The van der Waals surface area contributed by atoms with Gasteiger partial charge in [0.05, 0.1) is 23.4 Å². The number of hydrogen-bond acceptors (Lipinski definition) is 4. The number of rotatable bonds is 4.